The fourth-order valence-corrected chi connectivity index (χ4v) is 7.27. The van der Waals surface area contributed by atoms with Crippen molar-refractivity contribution in [2.45, 2.75) is 50.4 Å². The topological polar surface area (TPSA) is 93.2 Å². The second-order valence-corrected chi connectivity index (χ2v) is 11.4. The van der Waals surface area contributed by atoms with Crippen LogP contribution >= 0.6 is 11.8 Å². The van der Waals surface area contributed by atoms with Crippen molar-refractivity contribution in [1.82, 2.24) is 0 Å². The molecule has 3 heterocycles. The highest BCUT2D eigenvalue weighted by atomic mass is 32.2. The fourth-order valence-electron chi connectivity index (χ4n) is 5.95. The maximum Gasteiger partial charge on any atom is 0.337 e. The van der Waals surface area contributed by atoms with Gasteiger partial charge in [-0.2, -0.15) is 0 Å². The van der Waals surface area contributed by atoms with E-state index in [1.165, 1.54) is 49.1 Å². The summed E-state index contributed by atoms with van der Waals surface area (Å²) in [6, 6.07) is 8.44. The van der Waals surface area contributed by atoms with Crippen molar-refractivity contribution in [2.24, 2.45) is 0 Å². The molecule has 0 unspecified atom stereocenters. The molecule has 9 heteroatoms. The number of methoxy groups -OCH3 is 2. The Morgan fingerprint density at radius 3 is 2.17 bits per heavy atom. The maximum absolute atomic E-state index is 14.4. The van der Waals surface area contributed by atoms with E-state index in [2.05, 4.69) is 13.0 Å². The summed E-state index contributed by atoms with van der Waals surface area (Å²) in [5.74, 6) is -1.50. The molecule has 0 aliphatic carbocycles. The summed E-state index contributed by atoms with van der Waals surface area (Å²) in [5.41, 5.74) is 3.69. The number of hydrogen-bond acceptors (Lipinski definition) is 7. The average molecular weight is 509 g/mol. The zero-order valence-electron chi connectivity index (χ0n) is 21.1. The van der Waals surface area contributed by atoms with E-state index in [-0.39, 0.29) is 40.3 Å². The number of ether oxygens (including phenoxy) is 2. The summed E-state index contributed by atoms with van der Waals surface area (Å²) in [7, 11) is 2.48. The Hall–Kier alpha value is -3.33. The van der Waals surface area contributed by atoms with Gasteiger partial charge in [0.05, 0.1) is 36.8 Å². The van der Waals surface area contributed by atoms with Crippen LogP contribution in [0.4, 0.5) is 11.4 Å². The molecule has 3 aliphatic rings. The van der Waals surface area contributed by atoms with E-state index in [0.29, 0.717) is 0 Å². The first-order valence-electron chi connectivity index (χ1n) is 11.7. The number of aryl methyl sites for hydroxylation is 1. The van der Waals surface area contributed by atoms with Crippen LogP contribution in [-0.2, 0) is 23.9 Å². The average Bonchev–Trinajstić information content (AvgIpc) is 3.31. The highest BCUT2D eigenvalue weighted by Crippen LogP contribution is 2.61. The number of nitrogens with zero attached hydrogens (tertiary/aromatic N) is 2. The minimum Gasteiger partial charge on any atom is -0.465 e. The van der Waals surface area contributed by atoms with Gasteiger partial charge in [-0.05, 0) is 56.9 Å². The molecule has 2 amide bonds. The van der Waals surface area contributed by atoms with Gasteiger partial charge >= 0.3 is 11.9 Å². The van der Waals surface area contributed by atoms with Gasteiger partial charge in [-0.1, -0.05) is 24.6 Å². The molecule has 2 aromatic rings. The lowest BCUT2D eigenvalue weighted by atomic mass is 9.80. The summed E-state index contributed by atoms with van der Waals surface area (Å²) >= 11 is 1.27. The summed E-state index contributed by atoms with van der Waals surface area (Å²) < 4.78 is 9.76. The van der Waals surface area contributed by atoms with Gasteiger partial charge in [0.15, 0.2) is 0 Å². The molecule has 188 valence electrons. The molecule has 1 fully saturated rings. The monoisotopic (exact) mass is 508 g/mol. The molecule has 0 saturated carbocycles. The molecule has 0 N–H and O–H groups in total. The summed E-state index contributed by atoms with van der Waals surface area (Å²) in [4.78, 5) is 54.8. The van der Waals surface area contributed by atoms with Crippen LogP contribution < -0.4 is 9.80 Å². The molecule has 2 atom stereocenters. The van der Waals surface area contributed by atoms with Crippen LogP contribution in [-0.4, -0.2) is 49.3 Å². The lowest BCUT2D eigenvalue weighted by Crippen LogP contribution is -2.56. The third-order valence-electron chi connectivity index (χ3n) is 7.29. The number of esters is 2. The van der Waals surface area contributed by atoms with Gasteiger partial charge in [0.25, 0.3) is 5.91 Å². The minimum absolute atomic E-state index is 0.0777. The lowest BCUT2D eigenvalue weighted by Gasteiger charge is -2.44. The van der Waals surface area contributed by atoms with Gasteiger partial charge in [-0.25, -0.2) is 9.59 Å². The van der Waals surface area contributed by atoms with Gasteiger partial charge in [-0.3, -0.25) is 14.5 Å². The largest absolute Gasteiger partial charge is 0.465 e. The maximum atomic E-state index is 14.4. The predicted molar refractivity (Wildman–Crippen MR) is 137 cm³/mol. The first-order chi connectivity index (χ1) is 17.0. The zero-order valence-corrected chi connectivity index (χ0v) is 21.9. The van der Waals surface area contributed by atoms with Crippen molar-refractivity contribution < 1.29 is 28.7 Å². The molecule has 1 saturated heterocycles. The molecule has 0 bridgehead atoms. The van der Waals surface area contributed by atoms with Crippen LogP contribution in [0.2, 0.25) is 0 Å². The van der Waals surface area contributed by atoms with Crippen molar-refractivity contribution in [1.29, 1.82) is 0 Å². The summed E-state index contributed by atoms with van der Waals surface area (Å²) in [6.45, 7) is 8.25. The fraction of sp³-hybridized carbons (Fsp3) is 0.407. The number of fused-ring (bicyclic) bond motifs is 1. The molecular weight excluding hydrogens is 480 g/mol. The number of amides is 2. The van der Waals surface area contributed by atoms with Gasteiger partial charge in [0.2, 0.25) is 10.8 Å². The quantitative estimate of drug-likeness (QED) is 0.576. The second kappa shape index (κ2) is 8.09. The van der Waals surface area contributed by atoms with Crippen molar-refractivity contribution in [2.75, 3.05) is 29.8 Å². The van der Waals surface area contributed by atoms with E-state index in [0.717, 1.165) is 28.8 Å². The van der Waals surface area contributed by atoms with E-state index >= 15 is 0 Å². The number of anilines is 2. The first-order valence-corrected chi connectivity index (χ1v) is 12.7. The Kier molecular flexibility index (Phi) is 5.48. The highest BCUT2D eigenvalue weighted by Gasteiger charge is 2.64. The van der Waals surface area contributed by atoms with E-state index in [1.807, 2.05) is 31.7 Å². The van der Waals surface area contributed by atoms with E-state index in [1.54, 1.807) is 0 Å². The molecule has 8 nitrogen and oxygen atoms in total. The molecule has 36 heavy (non-hydrogen) atoms. The van der Waals surface area contributed by atoms with Crippen molar-refractivity contribution >= 4 is 46.9 Å². The van der Waals surface area contributed by atoms with Crippen LogP contribution in [0.1, 0.15) is 70.5 Å². The Balaban J connectivity index is 1.79. The van der Waals surface area contributed by atoms with Gasteiger partial charge in [0, 0.05) is 16.8 Å². The number of carbonyl (C=O) groups is 4. The predicted octanol–water partition coefficient (Wildman–Crippen LogP) is 4.13. The lowest BCUT2D eigenvalue weighted by molar-refractivity contribution is -0.124. The molecule has 2 aromatic carbocycles. The zero-order chi connectivity index (χ0) is 26.2. The minimum atomic E-state index is -1.35. The number of benzene rings is 2. The van der Waals surface area contributed by atoms with Crippen LogP contribution in [0, 0.1) is 6.92 Å². The normalized spacial score (nSPS) is 23.8. The number of rotatable bonds is 3. The highest BCUT2D eigenvalue weighted by molar-refractivity contribution is 8.02. The van der Waals surface area contributed by atoms with Crippen molar-refractivity contribution in [3.8, 4) is 0 Å². The third-order valence-corrected chi connectivity index (χ3v) is 8.68. The van der Waals surface area contributed by atoms with Crippen LogP contribution in [0.5, 0.6) is 0 Å². The molecule has 1 spiro atoms. The Labute approximate surface area is 213 Å². The van der Waals surface area contributed by atoms with E-state index in [9.17, 15) is 19.2 Å². The second-order valence-electron chi connectivity index (χ2n) is 10.2. The van der Waals surface area contributed by atoms with E-state index < -0.39 is 22.3 Å². The van der Waals surface area contributed by atoms with Crippen LogP contribution in [0.15, 0.2) is 30.3 Å². The first kappa shape index (κ1) is 24.4. The number of carbonyl (C=O) groups excluding carboxylic acids is 4. The standard InChI is InChI=1S/C27H28N2O6S/c1-14-7-19-15(2)12-26(3,4)29-22(19)20(8-14)27(25(29)33)28(21(30)13-36-27)18-10-16(23(31)34-5)9-17(11-18)24(32)35-6/h7-11,15H,12-13H2,1-6H3/t15-,27-/m1/s1. The summed E-state index contributed by atoms with van der Waals surface area (Å²) in [6.07, 6.45) is 0.785. The van der Waals surface area contributed by atoms with Gasteiger partial charge < -0.3 is 14.4 Å². The molecule has 3 aliphatic heterocycles. The van der Waals surface area contributed by atoms with Gasteiger partial charge in [-0.15, -0.1) is 11.8 Å². The molecule has 5 rings (SSSR count). The van der Waals surface area contributed by atoms with Gasteiger partial charge in [0.1, 0.15) is 0 Å². The number of thioether (sulfide) groups is 1. The van der Waals surface area contributed by atoms with Crippen molar-refractivity contribution in [3.63, 3.8) is 0 Å². The smallest absolute Gasteiger partial charge is 0.337 e. The SMILES string of the molecule is COC(=O)c1cc(C(=O)OC)cc(N2C(=O)CS[C@]23C(=O)N2c4c(cc(C)cc43)[C@H](C)CC2(C)C)c1. The Morgan fingerprint density at radius 2 is 1.58 bits per heavy atom. The molecular formula is C27H28N2O6S. The van der Waals surface area contributed by atoms with Crippen LogP contribution in [0.25, 0.3) is 0 Å². The number of hydrogen-bond donors (Lipinski definition) is 0. The molecule has 0 aromatic heterocycles. The van der Waals surface area contributed by atoms with Crippen LogP contribution in [0.3, 0.4) is 0 Å². The third kappa shape index (κ3) is 3.21. The van der Waals surface area contributed by atoms with Crippen molar-refractivity contribution in [3.05, 3.63) is 58.1 Å². The summed E-state index contributed by atoms with van der Waals surface area (Å²) in [5, 5.41) is 0. The Bertz CT molecular complexity index is 1320. The van der Waals surface area contributed by atoms with E-state index in [4.69, 9.17) is 9.47 Å². The Morgan fingerprint density at radius 1 is 0.972 bits per heavy atom. The molecule has 0 radical (unpaired) electrons.